The van der Waals surface area contributed by atoms with Crippen LogP contribution in [0.4, 0.5) is 4.79 Å². The molecular weight excluding hydrogens is 238 g/mol. The number of nitrogens with one attached hydrogen (secondary N) is 1. The summed E-state index contributed by atoms with van der Waals surface area (Å²) in [6.07, 6.45) is 1.84. The molecule has 7 nitrogen and oxygen atoms in total. The Morgan fingerprint density at radius 2 is 2.11 bits per heavy atom. The van der Waals surface area contributed by atoms with Crippen molar-refractivity contribution in [1.82, 2.24) is 10.2 Å². The van der Waals surface area contributed by atoms with Crippen molar-refractivity contribution in [2.75, 3.05) is 13.1 Å². The fourth-order valence-electron chi connectivity index (χ4n) is 1.34. The Morgan fingerprint density at radius 1 is 1.50 bits per heavy atom. The first kappa shape index (κ1) is 16.0. The molecule has 3 amide bonds. The van der Waals surface area contributed by atoms with Crippen molar-refractivity contribution in [3.8, 4) is 0 Å². The number of carbonyl (C=O) groups is 3. The molecule has 0 aliphatic heterocycles. The van der Waals surface area contributed by atoms with Gasteiger partial charge in [0, 0.05) is 13.1 Å². The number of carboxylic acids is 1. The number of urea groups is 1. The number of hydrogen-bond donors (Lipinski definition) is 3. The fraction of sp³-hybridized carbons (Fsp3) is 0.545. The Kier molecular flexibility index (Phi) is 7.18. The molecular formula is C11H19N3O4. The van der Waals surface area contributed by atoms with E-state index in [2.05, 4.69) is 11.9 Å². The van der Waals surface area contributed by atoms with Crippen molar-refractivity contribution >= 4 is 17.9 Å². The van der Waals surface area contributed by atoms with Gasteiger partial charge in [-0.25, -0.2) is 9.59 Å². The number of carboxylic acid groups (broad SMARTS) is 1. The van der Waals surface area contributed by atoms with Gasteiger partial charge in [0.2, 0.25) is 5.91 Å². The lowest BCUT2D eigenvalue weighted by Gasteiger charge is -2.23. The Bertz CT molecular complexity index is 330. The lowest BCUT2D eigenvalue weighted by Crippen LogP contribution is -2.49. The average molecular weight is 257 g/mol. The lowest BCUT2D eigenvalue weighted by atomic mass is 10.2. The van der Waals surface area contributed by atoms with Crippen molar-refractivity contribution in [2.24, 2.45) is 5.73 Å². The highest BCUT2D eigenvalue weighted by atomic mass is 16.4. The monoisotopic (exact) mass is 257 g/mol. The molecule has 0 bridgehead atoms. The third-order valence-electron chi connectivity index (χ3n) is 2.13. The van der Waals surface area contributed by atoms with Crippen LogP contribution in [0.2, 0.25) is 0 Å². The first-order valence-electron chi connectivity index (χ1n) is 5.59. The maximum absolute atomic E-state index is 11.8. The summed E-state index contributed by atoms with van der Waals surface area (Å²) in [6, 6.07) is -1.86. The Balaban J connectivity index is 4.58. The van der Waals surface area contributed by atoms with Crippen LogP contribution in [0, 0.1) is 0 Å². The van der Waals surface area contributed by atoms with E-state index >= 15 is 0 Å². The highest BCUT2D eigenvalue weighted by molar-refractivity contribution is 5.87. The number of amides is 3. The zero-order chi connectivity index (χ0) is 14.1. The summed E-state index contributed by atoms with van der Waals surface area (Å²) in [4.78, 5) is 34.7. The van der Waals surface area contributed by atoms with Crippen LogP contribution in [0.5, 0.6) is 0 Å². The molecule has 1 atom stereocenters. The van der Waals surface area contributed by atoms with Crippen LogP contribution >= 0.6 is 0 Å². The van der Waals surface area contributed by atoms with Crippen molar-refractivity contribution in [3.63, 3.8) is 0 Å². The minimum Gasteiger partial charge on any atom is -0.480 e. The van der Waals surface area contributed by atoms with Gasteiger partial charge < -0.3 is 21.1 Å². The average Bonchev–Trinajstić information content (AvgIpc) is 2.27. The number of carbonyl (C=O) groups excluding carboxylic acids is 2. The molecule has 0 fully saturated rings. The van der Waals surface area contributed by atoms with Gasteiger partial charge in [0.15, 0.2) is 0 Å². The van der Waals surface area contributed by atoms with E-state index < -0.39 is 30.4 Å². The van der Waals surface area contributed by atoms with Crippen molar-refractivity contribution in [3.05, 3.63) is 12.7 Å². The van der Waals surface area contributed by atoms with E-state index in [1.54, 1.807) is 6.08 Å². The predicted octanol–water partition coefficient (Wildman–Crippen LogP) is -0.0774. The van der Waals surface area contributed by atoms with E-state index in [9.17, 15) is 14.4 Å². The van der Waals surface area contributed by atoms with Gasteiger partial charge in [0.25, 0.3) is 0 Å². The third kappa shape index (κ3) is 5.88. The standard InChI is InChI=1S/C11H19N3O4/c1-3-5-14(6-4-2)11(18)13-8(10(16)17)7-9(12)15/h3,8H,1,4-7H2,2H3,(H2,12,15)(H,13,18)(H,16,17)/t8-/m1/s1. The first-order valence-corrected chi connectivity index (χ1v) is 5.59. The van der Waals surface area contributed by atoms with Gasteiger partial charge in [-0.05, 0) is 6.42 Å². The first-order chi connectivity index (χ1) is 8.42. The molecule has 0 aliphatic carbocycles. The normalized spacial score (nSPS) is 11.4. The highest BCUT2D eigenvalue weighted by Gasteiger charge is 2.24. The van der Waals surface area contributed by atoms with Crippen LogP contribution in [0.15, 0.2) is 12.7 Å². The highest BCUT2D eigenvalue weighted by Crippen LogP contribution is 1.97. The van der Waals surface area contributed by atoms with Crippen LogP contribution in [0.3, 0.4) is 0 Å². The zero-order valence-corrected chi connectivity index (χ0v) is 10.4. The Morgan fingerprint density at radius 3 is 2.50 bits per heavy atom. The molecule has 0 unspecified atom stereocenters. The van der Waals surface area contributed by atoms with Gasteiger partial charge >= 0.3 is 12.0 Å². The number of nitrogens with two attached hydrogens (primary N) is 1. The topological polar surface area (TPSA) is 113 Å². The molecule has 0 spiro atoms. The summed E-state index contributed by atoms with van der Waals surface area (Å²) in [5.74, 6) is -2.08. The molecule has 0 radical (unpaired) electrons. The minimum atomic E-state index is -1.31. The summed E-state index contributed by atoms with van der Waals surface area (Å²) in [5, 5.41) is 11.1. The summed E-state index contributed by atoms with van der Waals surface area (Å²) in [6.45, 7) is 6.19. The fourth-order valence-corrected chi connectivity index (χ4v) is 1.34. The van der Waals surface area contributed by atoms with E-state index in [0.717, 1.165) is 6.42 Å². The van der Waals surface area contributed by atoms with E-state index in [-0.39, 0.29) is 0 Å². The molecule has 18 heavy (non-hydrogen) atoms. The zero-order valence-electron chi connectivity index (χ0n) is 10.4. The number of hydrogen-bond acceptors (Lipinski definition) is 3. The molecule has 0 saturated heterocycles. The summed E-state index contributed by atoms with van der Waals surface area (Å²) in [7, 11) is 0. The predicted molar refractivity (Wildman–Crippen MR) is 65.8 cm³/mol. The lowest BCUT2D eigenvalue weighted by molar-refractivity contribution is -0.140. The second-order valence-corrected chi connectivity index (χ2v) is 3.75. The third-order valence-corrected chi connectivity index (χ3v) is 2.13. The number of primary amides is 1. The van der Waals surface area contributed by atoms with Crippen LogP contribution < -0.4 is 11.1 Å². The Hall–Kier alpha value is -2.05. The SMILES string of the molecule is C=CCN(CCC)C(=O)N[C@H](CC(N)=O)C(=O)O. The molecule has 0 aromatic rings. The van der Waals surface area contributed by atoms with Gasteiger partial charge in [-0.2, -0.15) is 0 Å². The smallest absolute Gasteiger partial charge is 0.326 e. The van der Waals surface area contributed by atoms with Gasteiger partial charge in [-0.3, -0.25) is 4.79 Å². The molecule has 0 aromatic carbocycles. The largest absolute Gasteiger partial charge is 0.480 e. The van der Waals surface area contributed by atoms with Gasteiger partial charge in [-0.15, -0.1) is 6.58 Å². The summed E-state index contributed by atoms with van der Waals surface area (Å²) < 4.78 is 0. The number of nitrogens with zero attached hydrogens (tertiary/aromatic N) is 1. The van der Waals surface area contributed by atoms with E-state index in [1.165, 1.54) is 4.90 Å². The molecule has 0 aliphatic rings. The van der Waals surface area contributed by atoms with E-state index in [1.807, 2.05) is 6.92 Å². The van der Waals surface area contributed by atoms with Crippen LogP contribution in [0.1, 0.15) is 19.8 Å². The maximum atomic E-state index is 11.8. The number of rotatable bonds is 8. The molecule has 7 heteroatoms. The summed E-state index contributed by atoms with van der Waals surface area (Å²) in [5.41, 5.74) is 4.92. The minimum absolute atomic E-state index is 0.308. The van der Waals surface area contributed by atoms with Gasteiger partial charge in [-0.1, -0.05) is 13.0 Å². The summed E-state index contributed by atoms with van der Waals surface area (Å²) >= 11 is 0. The van der Waals surface area contributed by atoms with E-state index in [4.69, 9.17) is 10.8 Å². The molecule has 0 heterocycles. The molecule has 0 rings (SSSR count). The Labute approximate surface area is 106 Å². The van der Waals surface area contributed by atoms with Crippen molar-refractivity contribution < 1.29 is 19.5 Å². The van der Waals surface area contributed by atoms with Crippen LogP contribution in [-0.2, 0) is 9.59 Å². The van der Waals surface area contributed by atoms with Crippen LogP contribution in [-0.4, -0.2) is 47.0 Å². The quantitative estimate of drug-likeness (QED) is 0.528. The second kappa shape index (κ2) is 8.10. The van der Waals surface area contributed by atoms with Crippen LogP contribution in [0.25, 0.3) is 0 Å². The van der Waals surface area contributed by atoms with Gasteiger partial charge in [0.05, 0.1) is 6.42 Å². The molecule has 0 aromatic heterocycles. The second-order valence-electron chi connectivity index (χ2n) is 3.75. The number of aliphatic carboxylic acids is 1. The van der Waals surface area contributed by atoms with E-state index in [0.29, 0.717) is 13.1 Å². The van der Waals surface area contributed by atoms with Crippen molar-refractivity contribution in [2.45, 2.75) is 25.8 Å². The molecule has 102 valence electrons. The molecule has 4 N–H and O–H groups in total. The van der Waals surface area contributed by atoms with Crippen molar-refractivity contribution in [1.29, 1.82) is 0 Å². The molecule has 0 saturated carbocycles. The maximum Gasteiger partial charge on any atom is 0.326 e. The van der Waals surface area contributed by atoms with Gasteiger partial charge in [0.1, 0.15) is 6.04 Å².